The number of aromatic nitrogens is 4. The van der Waals surface area contributed by atoms with Crippen molar-refractivity contribution in [2.75, 3.05) is 23.3 Å². The van der Waals surface area contributed by atoms with E-state index in [9.17, 15) is 14.3 Å². The number of anilines is 2. The Balaban J connectivity index is 1.50. The topological polar surface area (TPSA) is 108 Å². The van der Waals surface area contributed by atoms with Crippen LogP contribution in [0.2, 0.25) is 0 Å². The molecule has 164 valence electrons. The summed E-state index contributed by atoms with van der Waals surface area (Å²) in [6.45, 7) is 5.90. The highest BCUT2D eigenvalue weighted by Gasteiger charge is 2.24. The summed E-state index contributed by atoms with van der Waals surface area (Å²) in [5.41, 5.74) is 2.57. The monoisotopic (exact) mass is 435 g/mol. The summed E-state index contributed by atoms with van der Waals surface area (Å²) in [5, 5.41) is 15.7. The van der Waals surface area contributed by atoms with E-state index in [1.165, 1.54) is 16.8 Å². The second kappa shape index (κ2) is 7.72. The van der Waals surface area contributed by atoms with Crippen molar-refractivity contribution in [2.24, 2.45) is 0 Å². The zero-order valence-electron chi connectivity index (χ0n) is 17.6. The molecule has 1 aromatic carbocycles. The molecule has 5 rings (SSSR count). The van der Waals surface area contributed by atoms with E-state index in [1.807, 2.05) is 6.07 Å². The van der Waals surface area contributed by atoms with E-state index in [-0.39, 0.29) is 17.2 Å². The molecule has 0 aliphatic carbocycles. The predicted octanol–water partition coefficient (Wildman–Crippen LogP) is 2.56. The van der Waals surface area contributed by atoms with Gasteiger partial charge in [-0.3, -0.25) is 19.2 Å². The average molecular weight is 435 g/mol. The normalized spacial score (nSPS) is 18.9. The molecule has 0 unspecified atom stereocenters. The number of imidazole rings is 1. The van der Waals surface area contributed by atoms with Crippen LogP contribution in [0.25, 0.3) is 16.7 Å². The first kappa shape index (κ1) is 20.1. The Hall–Kier alpha value is -3.79. The quantitative estimate of drug-likeness (QED) is 0.454. The fourth-order valence-electron chi connectivity index (χ4n) is 4.32. The number of aromatic hydroxyl groups is 1. The number of nitrogens with zero attached hydrogens (tertiary/aromatic N) is 5. The molecule has 1 saturated heterocycles. The number of halogens is 1. The van der Waals surface area contributed by atoms with Gasteiger partial charge in [0.25, 0.3) is 5.91 Å². The number of fused-ring (bicyclic) bond motifs is 2. The number of rotatable bonds is 3. The number of nitrogens with one attached hydrogen (secondary N) is 2. The number of amides is 1. The lowest BCUT2D eigenvalue weighted by Crippen LogP contribution is -2.54. The van der Waals surface area contributed by atoms with Gasteiger partial charge in [0.2, 0.25) is 5.88 Å². The molecule has 32 heavy (non-hydrogen) atoms. The smallest absolute Gasteiger partial charge is 0.257 e. The Morgan fingerprint density at radius 3 is 2.62 bits per heavy atom. The van der Waals surface area contributed by atoms with Crippen molar-refractivity contribution < 1.29 is 14.3 Å². The molecule has 4 heterocycles. The summed E-state index contributed by atoms with van der Waals surface area (Å²) >= 11 is 0. The average Bonchev–Trinajstić information content (AvgIpc) is 3.13. The van der Waals surface area contributed by atoms with E-state index in [0.29, 0.717) is 28.7 Å². The number of hydrogen-bond donors (Lipinski definition) is 3. The molecule has 4 aromatic rings. The van der Waals surface area contributed by atoms with Gasteiger partial charge in [-0.05, 0) is 26.0 Å². The van der Waals surface area contributed by atoms with E-state index in [2.05, 4.69) is 44.3 Å². The van der Waals surface area contributed by atoms with E-state index in [4.69, 9.17) is 0 Å². The maximum absolute atomic E-state index is 14.3. The number of hydrogen-bond acceptors (Lipinski definition) is 7. The highest BCUT2D eigenvalue weighted by molar-refractivity contribution is 6.13. The van der Waals surface area contributed by atoms with Gasteiger partial charge < -0.3 is 20.6 Å². The van der Waals surface area contributed by atoms with E-state index in [0.717, 1.165) is 24.8 Å². The molecule has 0 spiro atoms. The molecule has 0 bridgehead atoms. The summed E-state index contributed by atoms with van der Waals surface area (Å²) in [6.07, 6.45) is 5.90. The molecule has 1 aliphatic heterocycles. The van der Waals surface area contributed by atoms with Crippen LogP contribution in [0.1, 0.15) is 24.2 Å². The Labute approximate surface area is 182 Å². The third-order valence-corrected chi connectivity index (χ3v) is 5.50. The molecule has 9 nitrogen and oxygen atoms in total. The largest absolute Gasteiger partial charge is 0.492 e. The molecule has 0 saturated carbocycles. The minimum Gasteiger partial charge on any atom is -0.492 e. The van der Waals surface area contributed by atoms with Crippen LogP contribution < -0.4 is 15.5 Å². The summed E-state index contributed by atoms with van der Waals surface area (Å²) in [6, 6.07) is 5.40. The standard InChI is InChI=1S/C22H22FN7O2/c1-12-8-29(9-13(2)26-12)17-4-3-15(19-20(17)25-6-5-24-19)22(32)27-14-7-16(23)21-28-18(31)11-30(21)10-14/h3-7,10-13,26,31H,8-9H2,1-2H3,(H,27,32)/t12-,13+. The van der Waals surface area contributed by atoms with Gasteiger partial charge >= 0.3 is 0 Å². The second-order valence-corrected chi connectivity index (χ2v) is 8.12. The number of carbonyl (C=O) groups is 1. The Bertz CT molecular complexity index is 1330. The van der Waals surface area contributed by atoms with Crippen molar-refractivity contribution in [1.29, 1.82) is 0 Å². The van der Waals surface area contributed by atoms with E-state index >= 15 is 0 Å². The number of pyridine rings is 1. The fourth-order valence-corrected chi connectivity index (χ4v) is 4.32. The molecule has 1 amide bonds. The first-order chi connectivity index (χ1) is 15.4. The van der Waals surface area contributed by atoms with Crippen LogP contribution in [0.4, 0.5) is 15.8 Å². The van der Waals surface area contributed by atoms with Crippen molar-refractivity contribution in [3.05, 3.63) is 54.4 Å². The van der Waals surface area contributed by atoms with Crippen molar-refractivity contribution in [1.82, 2.24) is 24.7 Å². The summed E-state index contributed by atoms with van der Waals surface area (Å²) in [4.78, 5) is 28.0. The molecular weight excluding hydrogens is 413 g/mol. The van der Waals surface area contributed by atoms with Crippen molar-refractivity contribution >= 4 is 34.0 Å². The molecule has 2 atom stereocenters. The minimum absolute atomic E-state index is 0.0272. The predicted molar refractivity (Wildman–Crippen MR) is 119 cm³/mol. The molecule has 3 aromatic heterocycles. The van der Waals surface area contributed by atoms with Gasteiger partial charge in [-0.15, -0.1) is 0 Å². The molecular formula is C22H22FN7O2. The lowest BCUT2D eigenvalue weighted by Gasteiger charge is -2.38. The fraction of sp³-hybridized carbons (Fsp3) is 0.273. The van der Waals surface area contributed by atoms with Crippen molar-refractivity contribution in [3.63, 3.8) is 0 Å². The van der Waals surface area contributed by atoms with Gasteiger partial charge in [0, 0.05) is 49.8 Å². The third kappa shape index (κ3) is 3.58. The molecule has 1 fully saturated rings. The van der Waals surface area contributed by atoms with Crippen LogP contribution in [0.15, 0.2) is 43.0 Å². The minimum atomic E-state index is -0.662. The van der Waals surface area contributed by atoms with Crippen LogP contribution in [-0.4, -0.2) is 55.5 Å². The molecule has 0 radical (unpaired) electrons. The maximum atomic E-state index is 14.3. The van der Waals surface area contributed by atoms with Crippen molar-refractivity contribution in [2.45, 2.75) is 25.9 Å². The van der Waals surface area contributed by atoms with Crippen LogP contribution in [0.5, 0.6) is 5.88 Å². The summed E-state index contributed by atoms with van der Waals surface area (Å²) in [5.74, 6) is -1.40. The molecule has 10 heteroatoms. The highest BCUT2D eigenvalue weighted by atomic mass is 19.1. The lowest BCUT2D eigenvalue weighted by atomic mass is 10.1. The van der Waals surface area contributed by atoms with Gasteiger partial charge in [-0.2, -0.15) is 4.98 Å². The zero-order chi connectivity index (χ0) is 22.4. The van der Waals surface area contributed by atoms with Crippen LogP contribution in [-0.2, 0) is 0 Å². The lowest BCUT2D eigenvalue weighted by molar-refractivity contribution is 0.102. The van der Waals surface area contributed by atoms with Gasteiger partial charge in [-0.1, -0.05) is 0 Å². The van der Waals surface area contributed by atoms with Gasteiger partial charge in [0.1, 0.15) is 11.0 Å². The third-order valence-electron chi connectivity index (χ3n) is 5.50. The molecule has 3 N–H and O–H groups in total. The molecule has 1 aliphatic rings. The first-order valence-corrected chi connectivity index (χ1v) is 10.3. The van der Waals surface area contributed by atoms with E-state index < -0.39 is 11.7 Å². The summed E-state index contributed by atoms with van der Waals surface area (Å²) < 4.78 is 15.6. The Morgan fingerprint density at radius 2 is 1.88 bits per heavy atom. The van der Waals surface area contributed by atoms with Gasteiger partial charge in [-0.25, -0.2) is 4.39 Å². The van der Waals surface area contributed by atoms with E-state index in [1.54, 1.807) is 18.5 Å². The van der Waals surface area contributed by atoms with Gasteiger partial charge in [0.15, 0.2) is 11.5 Å². The maximum Gasteiger partial charge on any atom is 0.257 e. The van der Waals surface area contributed by atoms with Crippen LogP contribution in [0.3, 0.4) is 0 Å². The van der Waals surface area contributed by atoms with Crippen LogP contribution in [0, 0.1) is 5.82 Å². The Kier molecular flexibility index (Phi) is 4.86. The summed E-state index contributed by atoms with van der Waals surface area (Å²) in [7, 11) is 0. The van der Waals surface area contributed by atoms with Gasteiger partial charge in [0.05, 0.1) is 23.1 Å². The number of benzene rings is 1. The van der Waals surface area contributed by atoms with Crippen molar-refractivity contribution in [3.8, 4) is 5.88 Å². The Morgan fingerprint density at radius 1 is 1.16 bits per heavy atom. The van der Waals surface area contributed by atoms with Crippen LogP contribution >= 0.6 is 0 Å². The number of carbonyl (C=O) groups excluding carboxylic acids is 1. The first-order valence-electron chi connectivity index (χ1n) is 10.3. The second-order valence-electron chi connectivity index (χ2n) is 8.12. The zero-order valence-corrected chi connectivity index (χ0v) is 17.6. The SMILES string of the molecule is C[C@@H]1CN(c2ccc(C(=O)Nc3cc(F)c4nc(O)cn4c3)c3nccnc23)C[C@H](C)N1. The highest BCUT2D eigenvalue weighted by Crippen LogP contribution is 2.29. The number of piperazine rings is 1.